The van der Waals surface area contributed by atoms with Crippen LogP contribution in [0, 0.1) is 0 Å². The van der Waals surface area contributed by atoms with Gasteiger partial charge in [0.15, 0.2) is 5.82 Å². The van der Waals surface area contributed by atoms with Crippen molar-refractivity contribution in [3.63, 3.8) is 0 Å². The Hall–Kier alpha value is -1.57. The highest BCUT2D eigenvalue weighted by atomic mass is 32.2. The largest absolute Gasteiger partial charge is 0.368 e. The van der Waals surface area contributed by atoms with Crippen molar-refractivity contribution >= 4 is 17.7 Å². The standard InChI is InChI=1S/C8H10N6OS/c9-7-11-8(13-12-7)16-3-5-10-6(15-14-5)4-1-2-4/h4H,1-3H2,(H3,9,11,12,13). The predicted octanol–water partition coefficient (Wildman–Crippen LogP) is 0.940. The summed E-state index contributed by atoms with van der Waals surface area (Å²) in [6, 6.07) is 0. The molecule has 0 bridgehead atoms. The molecular formula is C8H10N6OS. The van der Waals surface area contributed by atoms with Gasteiger partial charge in [-0.1, -0.05) is 16.9 Å². The number of hydrogen-bond acceptors (Lipinski definition) is 7. The first-order chi connectivity index (χ1) is 7.81. The minimum absolute atomic E-state index is 0.314. The number of aromatic amines is 1. The number of nitrogen functional groups attached to an aromatic ring is 1. The zero-order chi connectivity index (χ0) is 11.0. The lowest BCUT2D eigenvalue weighted by Crippen LogP contribution is -1.87. The Balaban J connectivity index is 1.61. The summed E-state index contributed by atoms with van der Waals surface area (Å²) in [5, 5.41) is 11.0. The lowest BCUT2D eigenvalue weighted by Gasteiger charge is -1.88. The third-order valence-electron chi connectivity index (χ3n) is 2.22. The van der Waals surface area contributed by atoms with Gasteiger partial charge in [-0.05, 0) is 12.8 Å². The molecule has 1 aliphatic rings. The van der Waals surface area contributed by atoms with Gasteiger partial charge in [-0.2, -0.15) is 9.97 Å². The summed E-state index contributed by atoms with van der Waals surface area (Å²) in [6.45, 7) is 0. The Morgan fingerprint density at radius 3 is 3.00 bits per heavy atom. The Morgan fingerprint density at radius 2 is 2.31 bits per heavy atom. The molecule has 2 aromatic heterocycles. The SMILES string of the molecule is Nc1nc(SCc2noc(C3CC3)n2)n[nH]1. The first kappa shape index (κ1) is 9.64. The maximum atomic E-state index is 5.41. The summed E-state index contributed by atoms with van der Waals surface area (Å²) in [5.41, 5.74) is 5.41. The average Bonchev–Trinajstić information content (AvgIpc) is 2.87. The van der Waals surface area contributed by atoms with Crippen LogP contribution >= 0.6 is 11.8 Å². The molecule has 2 heterocycles. The van der Waals surface area contributed by atoms with Gasteiger partial charge in [0.1, 0.15) is 0 Å². The number of rotatable bonds is 4. The molecule has 7 nitrogen and oxygen atoms in total. The fourth-order valence-electron chi connectivity index (χ4n) is 1.27. The van der Waals surface area contributed by atoms with E-state index >= 15 is 0 Å². The Labute approximate surface area is 95.2 Å². The van der Waals surface area contributed by atoms with Crippen molar-refractivity contribution in [3.05, 3.63) is 11.7 Å². The van der Waals surface area contributed by atoms with E-state index < -0.39 is 0 Å². The smallest absolute Gasteiger partial charge is 0.229 e. The molecular weight excluding hydrogens is 228 g/mol. The molecule has 0 amide bonds. The Morgan fingerprint density at radius 1 is 1.44 bits per heavy atom. The first-order valence-corrected chi connectivity index (χ1v) is 5.93. The number of anilines is 1. The van der Waals surface area contributed by atoms with Crippen molar-refractivity contribution in [3.8, 4) is 0 Å². The quantitative estimate of drug-likeness (QED) is 0.763. The van der Waals surface area contributed by atoms with E-state index in [2.05, 4.69) is 25.3 Å². The van der Waals surface area contributed by atoms with Crippen molar-refractivity contribution in [1.82, 2.24) is 25.3 Å². The fraction of sp³-hybridized carbons (Fsp3) is 0.500. The van der Waals surface area contributed by atoms with Crippen molar-refractivity contribution in [2.24, 2.45) is 0 Å². The maximum absolute atomic E-state index is 5.41. The lowest BCUT2D eigenvalue weighted by atomic mass is 10.4. The third-order valence-corrected chi connectivity index (χ3v) is 3.07. The van der Waals surface area contributed by atoms with E-state index in [1.54, 1.807) is 0 Å². The molecule has 1 aliphatic carbocycles. The second kappa shape index (κ2) is 3.78. The predicted molar refractivity (Wildman–Crippen MR) is 56.6 cm³/mol. The fourth-order valence-corrected chi connectivity index (χ4v) is 1.92. The molecule has 0 spiro atoms. The van der Waals surface area contributed by atoms with Gasteiger partial charge in [-0.25, -0.2) is 5.10 Å². The van der Waals surface area contributed by atoms with Crippen molar-refractivity contribution < 1.29 is 4.52 Å². The monoisotopic (exact) mass is 238 g/mol. The molecule has 3 rings (SSSR count). The van der Waals surface area contributed by atoms with E-state index in [1.807, 2.05) is 0 Å². The summed E-state index contributed by atoms with van der Waals surface area (Å²) in [5.74, 6) is 2.83. The topological polar surface area (TPSA) is 107 Å². The zero-order valence-electron chi connectivity index (χ0n) is 8.38. The molecule has 0 atom stereocenters. The lowest BCUT2D eigenvalue weighted by molar-refractivity contribution is 0.375. The van der Waals surface area contributed by atoms with Crippen molar-refractivity contribution in [1.29, 1.82) is 0 Å². The van der Waals surface area contributed by atoms with Gasteiger partial charge in [-0.15, -0.1) is 5.10 Å². The maximum Gasteiger partial charge on any atom is 0.229 e. The molecule has 84 valence electrons. The van der Waals surface area contributed by atoms with Crippen LogP contribution in [0.1, 0.15) is 30.5 Å². The van der Waals surface area contributed by atoms with Crippen LogP contribution in [0.25, 0.3) is 0 Å². The van der Waals surface area contributed by atoms with Crippen LogP contribution in [0.4, 0.5) is 5.95 Å². The summed E-state index contributed by atoms with van der Waals surface area (Å²) in [4.78, 5) is 8.27. The minimum atomic E-state index is 0.314. The molecule has 2 aromatic rings. The van der Waals surface area contributed by atoms with Crippen LogP contribution in [0.2, 0.25) is 0 Å². The van der Waals surface area contributed by atoms with Gasteiger partial charge in [0.05, 0.1) is 5.75 Å². The Kier molecular flexibility index (Phi) is 2.28. The highest BCUT2D eigenvalue weighted by Crippen LogP contribution is 2.39. The van der Waals surface area contributed by atoms with Crippen LogP contribution in [-0.2, 0) is 5.75 Å². The van der Waals surface area contributed by atoms with Gasteiger partial charge in [0.2, 0.25) is 17.0 Å². The van der Waals surface area contributed by atoms with E-state index in [0.29, 0.717) is 28.6 Å². The van der Waals surface area contributed by atoms with Crippen molar-refractivity contribution in [2.75, 3.05) is 5.73 Å². The normalized spacial score (nSPS) is 15.5. The number of nitrogens with one attached hydrogen (secondary N) is 1. The number of nitrogens with zero attached hydrogens (tertiary/aromatic N) is 4. The van der Waals surface area contributed by atoms with E-state index in [4.69, 9.17) is 10.3 Å². The summed E-state index contributed by atoms with van der Waals surface area (Å²) in [7, 11) is 0. The van der Waals surface area contributed by atoms with Crippen LogP contribution in [-0.4, -0.2) is 25.3 Å². The third kappa shape index (κ3) is 2.01. The number of hydrogen-bond donors (Lipinski definition) is 2. The average molecular weight is 238 g/mol. The number of thioether (sulfide) groups is 1. The van der Waals surface area contributed by atoms with Gasteiger partial charge in [0, 0.05) is 5.92 Å². The van der Waals surface area contributed by atoms with E-state index in [-0.39, 0.29) is 0 Å². The number of H-pyrrole nitrogens is 1. The number of nitrogens with two attached hydrogens (primary N) is 1. The Bertz CT molecular complexity index is 490. The van der Waals surface area contributed by atoms with E-state index in [0.717, 1.165) is 18.7 Å². The van der Waals surface area contributed by atoms with Gasteiger partial charge in [0.25, 0.3) is 0 Å². The summed E-state index contributed by atoms with van der Waals surface area (Å²) >= 11 is 1.42. The second-order valence-electron chi connectivity index (χ2n) is 3.62. The second-order valence-corrected chi connectivity index (χ2v) is 4.56. The number of aromatic nitrogens is 5. The molecule has 3 N–H and O–H groups in total. The van der Waals surface area contributed by atoms with Crippen molar-refractivity contribution in [2.45, 2.75) is 29.7 Å². The molecule has 0 saturated heterocycles. The molecule has 0 unspecified atom stereocenters. The van der Waals surface area contributed by atoms with Gasteiger partial charge < -0.3 is 10.3 Å². The molecule has 0 aliphatic heterocycles. The molecule has 0 radical (unpaired) electrons. The highest BCUT2D eigenvalue weighted by Gasteiger charge is 2.29. The highest BCUT2D eigenvalue weighted by molar-refractivity contribution is 7.98. The molecule has 1 saturated carbocycles. The van der Waals surface area contributed by atoms with Crippen LogP contribution in [0.5, 0.6) is 0 Å². The molecule has 0 aromatic carbocycles. The summed E-state index contributed by atoms with van der Waals surface area (Å²) < 4.78 is 5.13. The van der Waals surface area contributed by atoms with E-state index in [9.17, 15) is 0 Å². The van der Waals surface area contributed by atoms with Gasteiger partial charge in [-0.3, -0.25) is 0 Å². The molecule has 1 fully saturated rings. The van der Waals surface area contributed by atoms with Crippen LogP contribution in [0.3, 0.4) is 0 Å². The molecule has 8 heteroatoms. The zero-order valence-corrected chi connectivity index (χ0v) is 9.20. The minimum Gasteiger partial charge on any atom is -0.368 e. The van der Waals surface area contributed by atoms with Gasteiger partial charge >= 0.3 is 0 Å². The van der Waals surface area contributed by atoms with Crippen LogP contribution in [0.15, 0.2) is 9.68 Å². The molecule has 16 heavy (non-hydrogen) atoms. The van der Waals surface area contributed by atoms with Crippen LogP contribution < -0.4 is 5.73 Å². The summed E-state index contributed by atoms with van der Waals surface area (Å²) in [6.07, 6.45) is 2.32. The van der Waals surface area contributed by atoms with E-state index in [1.165, 1.54) is 11.8 Å². The first-order valence-electron chi connectivity index (χ1n) is 4.94.